The molecule has 1 aromatic rings. The Morgan fingerprint density at radius 3 is 2.50 bits per heavy atom. The molecule has 0 radical (unpaired) electrons. The fourth-order valence-corrected chi connectivity index (χ4v) is 1.67. The highest BCUT2D eigenvalue weighted by molar-refractivity contribution is 5.69. The van der Waals surface area contributed by atoms with Crippen LogP contribution in [0, 0.1) is 6.92 Å². The molecule has 0 saturated heterocycles. The maximum Gasteiger partial charge on any atom is 0.215 e. The predicted octanol–water partition coefficient (Wildman–Crippen LogP) is 1.21. The quantitative estimate of drug-likeness (QED) is 0.682. The number of aldehydes is 1. The normalized spacial score (nSPS) is 11.5. The van der Waals surface area contributed by atoms with Crippen LogP contribution in [0.3, 0.4) is 0 Å². The minimum Gasteiger partial charge on any atom is -0.481 e. The number of methoxy groups -OCH3 is 1. The molecule has 0 aliphatic heterocycles. The highest BCUT2D eigenvalue weighted by Crippen LogP contribution is 2.32. The summed E-state index contributed by atoms with van der Waals surface area (Å²) in [6.07, 6.45) is 0.916. The molecule has 0 atom stereocenters. The van der Waals surface area contributed by atoms with Crippen molar-refractivity contribution in [3.8, 4) is 5.88 Å². The Morgan fingerprint density at radius 2 is 2.07 bits per heavy atom. The first-order chi connectivity index (χ1) is 6.44. The van der Waals surface area contributed by atoms with Gasteiger partial charge in [-0.1, -0.05) is 0 Å². The van der Waals surface area contributed by atoms with Crippen molar-refractivity contribution in [1.29, 1.82) is 0 Å². The summed E-state index contributed by atoms with van der Waals surface area (Å²) < 4.78 is 6.88. The molecular weight excluding hydrogens is 180 g/mol. The van der Waals surface area contributed by atoms with Crippen LogP contribution in [-0.2, 0) is 17.3 Å². The van der Waals surface area contributed by atoms with E-state index in [9.17, 15) is 4.79 Å². The number of aromatic nitrogens is 2. The van der Waals surface area contributed by atoms with Crippen molar-refractivity contribution in [2.24, 2.45) is 7.05 Å². The van der Waals surface area contributed by atoms with E-state index >= 15 is 0 Å². The maximum absolute atomic E-state index is 11.0. The van der Waals surface area contributed by atoms with Crippen molar-refractivity contribution in [3.05, 3.63) is 11.3 Å². The van der Waals surface area contributed by atoms with E-state index < -0.39 is 5.41 Å². The first kappa shape index (κ1) is 10.8. The fraction of sp³-hybridized carbons (Fsp3) is 0.600. The molecule has 0 N–H and O–H groups in total. The number of hydrogen-bond donors (Lipinski definition) is 0. The van der Waals surface area contributed by atoms with Gasteiger partial charge in [-0.15, -0.1) is 0 Å². The predicted molar refractivity (Wildman–Crippen MR) is 53.6 cm³/mol. The van der Waals surface area contributed by atoms with Crippen LogP contribution in [0.4, 0.5) is 0 Å². The van der Waals surface area contributed by atoms with Gasteiger partial charge in [-0.25, -0.2) is 4.68 Å². The van der Waals surface area contributed by atoms with Crippen molar-refractivity contribution in [2.45, 2.75) is 26.2 Å². The Labute approximate surface area is 83.9 Å². The first-order valence-corrected chi connectivity index (χ1v) is 4.48. The lowest BCUT2D eigenvalue weighted by molar-refractivity contribution is -0.111. The summed E-state index contributed by atoms with van der Waals surface area (Å²) in [7, 11) is 3.39. The molecule has 1 rings (SSSR count). The molecule has 0 saturated carbocycles. The topological polar surface area (TPSA) is 44.1 Å². The fourth-order valence-electron chi connectivity index (χ4n) is 1.67. The minimum absolute atomic E-state index is 0.552. The van der Waals surface area contributed by atoms with Crippen LogP contribution >= 0.6 is 0 Å². The molecule has 0 aromatic carbocycles. The van der Waals surface area contributed by atoms with E-state index in [1.54, 1.807) is 18.8 Å². The van der Waals surface area contributed by atoms with Crippen LogP contribution in [0.5, 0.6) is 5.88 Å². The third kappa shape index (κ3) is 1.52. The van der Waals surface area contributed by atoms with Gasteiger partial charge in [-0.05, 0) is 20.8 Å². The minimum atomic E-state index is -0.552. The van der Waals surface area contributed by atoms with Gasteiger partial charge >= 0.3 is 0 Å². The van der Waals surface area contributed by atoms with Gasteiger partial charge in [0, 0.05) is 12.6 Å². The molecule has 0 fully saturated rings. The summed E-state index contributed by atoms with van der Waals surface area (Å²) in [6, 6.07) is 0. The molecule has 0 amide bonds. The van der Waals surface area contributed by atoms with Crippen LogP contribution in [-0.4, -0.2) is 23.2 Å². The van der Waals surface area contributed by atoms with Gasteiger partial charge in [-0.3, -0.25) is 0 Å². The van der Waals surface area contributed by atoms with Crippen LogP contribution in [0.1, 0.15) is 25.1 Å². The third-order valence-electron chi connectivity index (χ3n) is 2.30. The number of carbonyl (C=O) groups is 1. The smallest absolute Gasteiger partial charge is 0.215 e. The first-order valence-electron chi connectivity index (χ1n) is 4.48. The molecular formula is C10H16N2O2. The largest absolute Gasteiger partial charge is 0.481 e. The van der Waals surface area contributed by atoms with E-state index in [-0.39, 0.29) is 0 Å². The number of rotatable bonds is 3. The number of aryl methyl sites for hydroxylation is 2. The van der Waals surface area contributed by atoms with Crippen molar-refractivity contribution in [3.63, 3.8) is 0 Å². The van der Waals surface area contributed by atoms with E-state index in [0.29, 0.717) is 5.88 Å². The van der Waals surface area contributed by atoms with Crippen molar-refractivity contribution in [1.82, 2.24) is 9.78 Å². The summed E-state index contributed by atoms with van der Waals surface area (Å²) in [5, 5.41) is 4.23. The molecule has 0 bridgehead atoms. The van der Waals surface area contributed by atoms with Gasteiger partial charge in [0.2, 0.25) is 5.88 Å². The number of nitrogens with zero attached hydrogens (tertiary/aromatic N) is 2. The van der Waals surface area contributed by atoms with Gasteiger partial charge in [0.15, 0.2) is 0 Å². The standard InChI is InChI=1S/C10H16N2O2/c1-7-8(10(2,3)6-13)9(14-5)12(4)11-7/h6H,1-5H3. The second-order valence-electron chi connectivity index (χ2n) is 3.93. The summed E-state index contributed by atoms with van der Waals surface area (Å²) in [6.45, 7) is 5.59. The SMILES string of the molecule is COc1c(C(C)(C)C=O)c(C)nn1C. The van der Waals surface area contributed by atoms with Crippen molar-refractivity contribution >= 4 is 6.29 Å². The Balaban J connectivity index is 3.39. The van der Waals surface area contributed by atoms with Crippen molar-refractivity contribution < 1.29 is 9.53 Å². The maximum atomic E-state index is 11.0. The number of carbonyl (C=O) groups excluding carboxylic acids is 1. The second-order valence-corrected chi connectivity index (χ2v) is 3.93. The van der Waals surface area contributed by atoms with E-state index in [0.717, 1.165) is 17.5 Å². The molecule has 0 aliphatic carbocycles. The molecule has 1 heterocycles. The van der Waals surface area contributed by atoms with E-state index in [1.165, 1.54) is 0 Å². The van der Waals surface area contributed by atoms with Crippen molar-refractivity contribution in [2.75, 3.05) is 7.11 Å². The Hall–Kier alpha value is -1.32. The molecule has 1 aromatic heterocycles. The highest BCUT2D eigenvalue weighted by Gasteiger charge is 2.29. The van der Waals surface area contributed by atoms with Gasteiger partial charge in [-0.2, -0.15) is 5.10 Å². The van der Waals surface area contributed by atoms with Gasteiger partial charge in [0.25, 0.3) is 0 Å². The zero-order chi connectivity index (χ0) is 10.9. The second kappa shape index (κ2) is 3.44. The Morgan fingerprint density at radius 1 is 1.50 bits per heavy atom. The molecule has 4 nitrogen and oxygen atoms in total. The highest BCUT2D eigenvalue weighted by atomic mass is 16.5. The average molecular weight is 196 g/mol. The molecule has 0 aliphatic rings. The van der Waals surface area contributed by atoms with Crippen LogP contribution in [0.25, 0.3) is 0 Å². The van der Waals surface area contributed by atoms with E-state index in [2.05, 4.69) is 5.10 Å². The van der Waals surface area contributed by atoms with Gasteiger partial charge in [0.05, 0.1) is 18.2 Å². The lowest BCUT2D eigenvalue weighted by atomic mass is 9.86. The summed E-state index contributed by atoms with van der Waals surface area (Å²) in [5.41, 5.74) is 1.14. The van der Waals surface area contributed by atoms with Gasteiger partial charge in [0.1, 0.15) is 6.29 Å². The van der Waals surface area contributed by atoms with Crippen LogP contribution in [0.15, 0.2) is 0 Å². The van der Waals surface area contributed by atoms with E-state index in [4.69, 9.17) is 4.74 Å². The zero-order valence-electron chi connectivity index (χ0n) is 9.29. The molecule has 4 heteroatoms. The Bertz CT molecular complexity index is 353. The monoisotopic (exact) mass is 196 g/mol. The number of hydrogen-bond acceptors (Lipinski definition) is 3. The Kier molecular flexibility index (Phi) is 2.64. The van der Waals surface area contributed by atoms with Crippen LogP contribution < -0.4 is 4.74 Å². The molecule has 0 spiro atoms. The molecule has 0 unspecified atom stereocenters. The summed E-state index contributed by atoms with van der Waals surface area (Å²) >= 11 is 0. The van der Waals surface area contributed by atoms with Crippen LogP contribution in [0.2, 0.25) is 0 Å². The average Bonchev–Trinajstić information content (AvgIpc) is 2.40. The summed E-state index contributed by atoms with van der Waals surface area (Å²) in [5.74, 6) is 0.652. The number of ether oxygens (including phenoxy) is 1. The lowest BCUT2D eigenvalue weighted by Gasteiger charge is -2.17. The molecule has 14 heavy (non-hydrogen) atoms. The third-order valence-corrected chi connectivity index (χ3v) is 2.30. The summed E-state index contributed by atoms with van der Waals surface area (Å²) in [4.78, 5) is 11.0. The lowest BCUT2D eigenvalue weighted by Crippen LogP contribution is -2.20. The van der Waals surface area contributed by atoms with E-state index in [1.807, 2.05) is 20.8 Å². The zero-order valence-corrected chi connectivity index (χ0v) is 9.29. The molecule has 78 valence electrons. The van der Waals surface area contributed by atoms with Gasteiger partial charge < -0.3 is 9.53 Å².